The Kier molecular flexibility index (Phi) is 6.03. The van der Waals surface area contributed by atoms with E-state index in [1.807, 2.05) is 4.90 Å². The molecule has 0 aliphatic carbocycles. The Morgan fingerprint density at radius 2 is 1.97 bits per heavy atom. The second-order valence-electron chi connectivity index (χ2n) is 8.19. The number of halogens is 1. The number of morpholine rings is 1. The van der Waals surface area contributed by atoms with E-state index in [0.717, 1.165) is 0 Å². The molecule has 0 spiro atoms. The van der Waals surface area contributed by atoms with Crippen molar-refractivity contribution in [3.8, 4) is 0 Å². The number of benzene rings is 1. The molecular formula is C20H27FN4O3S. The molecular weight excluding hydrogens is 395 g/mol. The Hall–Kier alpha value is -1.97. The van der Waals surface area contributed by atoms with Gasteiger partial charge in [-0.05, 0) is 46.2 Å². The summed E-state index contributed by atoms with van der Waals surface area (Å²) in [5, 5.41) is 0.314. The van der Waals surface area contributed by atoms with Crippen molar-refractivity contribution in [1.82, 2.24) is 9.55 Å². The molecule has 1 aliphatic heterocycles. The predicted octanol–water partition coefficient (Wildman–Crippen LogP) is 2.49. The van der Waals surface area contributed by atoms with Crippen LogP contribution in [-0.4, -0.2) is 50.9 Å². The molecule has 0 N–H and O–H groups in total. The Balaban J connectivity index is 2.28. The highest BCUT2D eigenvalue weighted by atomic mass is 32.2. The van der Waals surface area contributed by atoms with Crippen LogP contribution in [0.25, 0.3) is 10.9 Å². The Labute approximate surface area is 172 Å². The van der Waals surface area contributed by atoms with Crippen molar-refractivity contribution < 1.29 is 13.7 Å². The second-order valence-corrected chi connectivity index (χ2v) is 10.1. The van der Waals surface area contributed by atoms with Crippen LogP contribution in [0, 0.1) is 12.7 Å². The molecule has 1 aromatic carbocycles. The number of hydrogen-bond donors (Lipinski definition) is 0. The fourth-order valence-corrected chi connectivity index (χ4v) is 3.81. The summed E-state index contributed by atoms with van der Waals surface area (Å²) in [6, 6.07) is 1.51. The molecule has 2 heterocycles. The van der Waals surface area contributed by atoms with Crippen LogP contribution in [0.5, 0.6) is 0 Å². The minimum absolute atomic E-state index is 0.129. The molecule has 7 nitrogen and oxygen atoms in total. The summed E-state index contributed by atoms with van der Waals surface area (Å²) in [7, 11) is 1.66. The van der Waals surface area contributed by atoms with E-state index in [0.29, 0.717) is 43.2 Å². The Bertz CT molecular complexity index is 1020. The Morgan fingerprint density at radius 3 is 2.55 bits per heavy atom. The monoisotopic (exact) mass is 422 g/mol. The molecule has 0 radical (unpaired) electrons. The molecule has 9 heteroatoms. The first-order chi connectivity index (χ1) is 13.5. The maximum atomic E-state index is 15.2. The minimum Gasteiger partial charge on any atom is -0.591 e. The first-order valence-electron chi connectivity index (χ1n) is 9.52. The first-order valence-corrected chi connectivity index (χ1v) is 10.6. The number of aryl methyl sites for hydroxylation is 1. The van der Waals surface area contributed by atoms with Crippen molar-refractivity contribution in [1.29, 1.82) is 0 Å². The number of nitrogens with zero attached hydrogens (tertiary/aromatic N) is 4. The summed E-state index contributed by atoms with van der Waals surface area (Å²) < 4.78 is 38.2. The van der Waals surface area contributed by atoms with Crippen molar-refractivity contribution in [2.24, 2.45) is 11.4 Å². The van der Waals surface area contributed by atoms with Crippen molar-refractivity contribution in [3.63, 3.8) is 0 Å². The van der Waals surface area contributed by atoms with E-state index in [1.165, 1.54) is 10.6 Å². The smallest absolute Gasteiger partial charge is 0.262 e. The third-order valence-corrected chi connectivity index (χ3v) is 6.35. The normalized spacial score (nSPS) is 17.1. The molecule has 1 unspecified atom stereocenters. The van der Waals surface area contributed by atoms with Gasteiger partial charge in [0.2, 0.25) is 5.95 Å². The molecule has 1 saturated heterocycles. The van der Waals surface area contributed by atoms with Gasteiger partial charge in [-0.3, -0.25) is 9.36 Å². The molecule has 0 bridgehead atoms. The van der Waals surface area contributed by atoms with E-state index in [-0.39, 0.29) is 22.4 Å². The van der Waals surface area contributed by atoms with Gasteiger partial charge in [0.1, 0.15) is 27.6 Å². The van der Waals surface area contributed by atoms with E-state index >= 15 is 4.39 Å². The van der Waals surface area contributed by atoms with Gasteiger partial charge < -0.3 is 14.2 Å². The summed E-state index contributed by atoms with van der Waals surface area (Å²) in [6.45, 7) is 10.9. The lowest BCUT2D eigenvalue weighted by atomic mass is 10.0. The molecule has 1 atom stereocenters. The van der Waals surface area contributed by atoms with Crippen LogP contribution < -0.4 is 10.5 Å². The van der Waals surface area contributed by atoms with Crippen LogP contribution in [0.15, 0.2) is 15.3 Å². The molecule has 158 valence electrons. The molecule has 0 amide bonds. The molecule has 1 aliphatic rings. The predicted molar refractivity (Wildman–Crippen MR) is 115 cm³/mol. The van der Waals surface area contributed by atoms with Gasteiger partial charge in [0.15, 0.2) is 0 Å². The van der Waals surface area contributed by atoms with Gasteiger partial charge in [-0.2, -0.15) is 0 Å². The molecule has 1 aromatic heterocycles. The Morgan fingerprint density at radius 1 is 1.34 bits per heavy atom. The van der Waals surface area contributed by atoms with E-state index in [9.17, 15) is 9.35 Å². The lowest BCUT2D eigenvalue weighted by Crippen LogP contribution is -2.40. The van der Waals surface area contributed by atoms with Gasteiger partial charge >= 0.3 is 0 Å². The van der Waals surface area contributed by atoms with Crippen LogP contribution in [0.2, 0.25) is 0 Å². The summed E-state index contributed by atoms with van der Waals surface area (Å²) in [5.41, 5.74) is 0.694. The molecule has 2 aromatic rings. The van der Waals surface area contributed by atoms with Gasteiger partial charge in [0, 0.05) is 20.1 Å². The lowest BCUT2D eigenvalue weighted by molar-refractivity contribution is 0.121. The molecule has 1 fully saturated rings. The fourth-order valence-electron chi connectivity index (χ4n) is 3.19. The summed E-state index contributed by atoms with van der Waals surface area (Å²) in [4.78, 5) is 19.7. The number of rotatable bonds is 3. The SMILES string of the molecule is CC(=N[S+]([O-])C(C)(C)C)c1c(F)c(C)cc2c(=O)n(C)c(N3CCOCC3)nc12. The summed E-state index contributed by atoms with van der Waals surface area (Å²) in [5.74, 6) is -0.0432. The third kappa shape index (κ3) is 4.17. The van der Waals surface area contributed by atoms with Crippen LogP contribution in [-0.2, 0) is 23.1 Å². The van der Waals surface area contributed by atoms with Gasteiger partial charge in [0.25, 0.3) is 5.56 Å². The second kappa shape index (κ2) is 8.04. The highest BCUT2D eigenvalue weighted by molar-refractivity contribution is 7.91. The van der Waals surface area contributed by atoms with Gasteiger partial charge in [-0.1, -0.05) is 4.40 Å². The zero-order valence-electron chi connectivity index (χ0n) is 17.7. The molecule has 29 heavy (non-hydrogen) atoms. The fraction of sp³-hybridized carbons (Fsp3) is 0.550. The first kappa shape index (κ1) is 21.7. The zero-order chi connectivity index (χ0) is 21.5. The number of fused-ring (bicyclic) bond motifs is 1. The van der Waals surface area contributed by atoms with Crippen molar-refractivity contribution in [3.05, 3.63) is 33.4 Å². The maximum absolute atomic E-state index is 15.2. The van der Waals surface area contributed by atoms with E-state index < -0.39 is 21.9 Å². The number of aromatic nitrogens is 2. The maximum Gasteiger partial charge on any atom is 0.262 e. The van der Waals surface area contributed by atoms with Gasteiger partial charge in [0.05, 0.1) is 29.7 Å². The topological polar surface area (TPSA) is 82.8 Å². The molecule has 3 rings (SSSR count). The third-order valence-electron chi connectivity index (χ3n) is 4.86. The van der Waals surface area contributed by atoms with Crippen molar-refractivity contribution in [2.45, 2.75) is 39.4 Å². The highest BCUT2D eigenvalue weighted by Crippen LogP contribution is 2.26. The van der Waals surface area contributed by atoms with Crippen molar-refractivity contribution >= 4 is 33.9 Å². The van der Waals surface area contributed by atoms with Gasteiger partial charge in [-0.25, -0.2) is 9.37 Å². The van der Waals surface area contributed by atoms with Gasteiger partial charge in [-0.15, -0.1) is 0 Å². The number of anilines is 1. The average Bonchev–Trinajstić information content (AvgIpc) is 2.66. The quantitative estimate of drug-likeness (QED) is 0.561. The summed E-state index contributed by atoms with van der Waals surface area (Å²) in [6.07, 6.45) is 0. The highest BCUT2D eigenvalue weighted by Gasteiger charge is 2.29. The van der Waals surface area contributed by atoms with E-state index in [1.54, 1.807) is 41.7 Å². The lowest BCUT2D eigenvalue weighted by Gasteiger charge is -2.29. The zero-order valence-corrected chi connectivity index (χ0v) is 18.5. The van der Waals surface area contributed by atoms with Crippen LogP contribution >= 0.6 is 0 Å². The number of ether oxygens (including phenoxy) is 1. The average molecular weight is 423 g/mol. The summed E-state index contributed by atoms with van der Waals surface area (Å²) >= 11 is -1.56. The van der Waals surface area contributed by atoms with Crippen LogP contribution in [0.3, 0.4) is 0 Å². The molecule has 0 saturated carbocycles. The number of hydrogen-bond acceptors (Lipinski definition) is 6. The minimum atomic E-state index is -1.56. The van der Waals surface area contributed by atoms with Crippen molar-refractivity contribution in [2.75, 3.05) is 31.2 Å². The van der Waals surface area contributed by atoms with E-state index in [2.05, 4.69) is 9.38 Å². The van der Waals surface area contributed by atoms with Crippen LogP contribution in [0.1, 0.15) is 38.8 Å². The van der Waals surface area contributed by atoms with E-state index in [4.69, 9.17) is 4.74 Å². The standard InChI is InChI=1S/C20H27FN4O3S/c1-12-11-14-17(15(16(12)21)13(2)23-29(27)20(3,4)5)22-19(24(6)18(14)26)25-7-9-28-10-8-25/h11H,7-10H2,1-6H3. The largest absolute Gasteiger partial charge is 0.591 e. The van der Waals surface area contributed by atoms with Crippen LogP contribution in [0.4, 0.5) is 10.3 Å².